The zero-order chi connectivity index (χ0) is 16.6. The highest BCUT2D eigenvalue weighted by molar-refractivity contribution is 5.92. The predicted octanol–water partition coefficient (Wildman–Crippen LogP) is 1.83. The first-order valence-corrected chi connectivity index (χ1v) is 8.08. The monoisotopic (exact) mass is 329 g/mol. The van der Waals surface area contributed by atoms with Crippen LogP contribution in [0.5, 0.6) is 5.88 Å². The zero-order valence-electron chi connectivity index (χ0n) is 13.5. The van der Waals surface area contributed by atoms with Gasteiger partial charge in [-0.25, -0.2) is 4.98 Å². The predicted molar refractivity (Wildman–Crippen MR) is 83.7 cm³/mol. The second-order valence-electron chi connectivity index (χ2n) is 6.43. The number of hydrogen-bond acceptors (Lipinski definition) is 6. The molecule has 1 amide bonds. The molecular weight excluding hydrogens is 310 g/mol. The van der Waals surface area contributed by atoms with Crippen molar-refractivity contribution >= 4 is 5.91 Å². The topological polar surface area (TPSA) is 77.7 Å². The number of aryl methyl sites for hydroxylation is 1. The third kappa shape index (κ3) is 2.87. The summed E-state index contributed by atoms with van der Waals surface area (Å²) < 4.78 is 16.9. The highest BCUT2D eigenvalue weighted by Gasteiger charge is 2.50. The molecule has 7 heteroatoms. The Bertz CT molecular complexity index is 724. The first-order chi connectivity index (χ1) is 11.6. The van der Waals surface area contributed by atoms with Gasteiger partial charge in [0.05, 0.1) is 25.4 Å². The number of aromatic nitrogens is 2. The summed E-state index contributed by atoms with van der Waals surface area (Å²) in [6.07, 6.45) is 3.35. The number of rotatable bonds is 3. The van der Waals surface area contributed by atoms with E-state index in [4.69, 9.17) is 14.0 Å². The van der Waals surface area contributed by atoms with Crippen LogP contribution in [0, 0.1) is 6.92 Å². The van der Waals surface area contributed by atoms with E-state index in [1.54, 1.807) is 24.1 Å². The average molecular weight is 329 g/mol. The summed E-state index contributed by atoms with van der Waals surface area (Å²) in [5, 5.41) is 3.76. The minimum Gasteiger partial charge on any atom is -0.474 e. The molecule has 2 fully saturated rings. The Morgan fingerprint density at radius 1 is 1.42 bits per heavy atom. The lowest BCUT2D eigenvalue weighted by atomic mass is 9.84. The molecule has 4 rings (SSSR count). The van der Waals surface area contributed by atoms with Crippen LogP contribution >= 0.6 is 0 Å². The second kappa shape index (κ2) is 5.90. The van der Waals surface area contributed by atoms with Crippen molar-refractivity contribution in [2.24, 2.45) is 0 Å². The average Bonchev–Trinajstić information content (AvgIpc) is 3.00. The van der Waals surface area contributed by atoms with Crippen LogP contribution in [0.2, 0.25) is 0 Å². The molecule has 2 aliphatic rings. The van der Waals surface area contributed by atoms with Gasteiger partial charge < -0.3 is 18.9 Å². The molecule has 1 atom stereocenters. The maximum Gasteiger partial charge on any atom is 0.292 e. The second-order valence-corrected chi connectivity index (χ2v) is 6.43. The number of hydrogen-bond donors (Lipinski definition) is 0. The van der Waals surface area contributed by atoms with Gasteiger partial charge in [-0.05, 0) is 13.0 Å². The van der Waals surface area contributed by atoms with E-state index in [-0.39, 0.29) is 23.4 Å². The molecule has 7 nitrogen and oxygen atoms in total. The third-order valence-electron chi connectivity index (χ3n) is 4.46. The van der Waals surface area contributed by atoms with Crippen molar-refractivity contribution in [1.29, 1.82) is 0 Å². The van der Waals surface area contributed by atoms with E-state index in [0.29, 0.717) is 31.3 Å². The Morgan fingerprint density at radius 2 is 2.29 bits per heavy atom. The van der Waals surface area contributed by atoms with Crippen LogP contribution in [-0.2, 0) is 4.74 Å². The third-order valence-corrected chi connectivity index (χ3v) is 4.46. The summed E-state index contributed by atoms with van der Waals surface area (Å²) in [4.78, 5) is 18.3. The summed E-state index contributed by atoms with van der Waals surface area (Å²) in [7, 11) is 0. The van der Waals surface area contributed by atoms with Gasteiger partial charge in [0.25, 0.3) is 5.91 Å². The van der Waals surface area contributed by atoms with Crippen molar-refractivity contribution in [3.05, 3.63) is 41.9 Å². The molecule has 0 saturated carbocycles. The summed E-state index contributed by atoms with van der Waals surface area (Å²) in [5.41, 5.74) is 0.383. The number of amides is 1. The largest absolute Gasteiger partial charge is 0.474 e. The van der Waals surface area contributed by atoms with Crippen molar-refractivity contribution < 1.29 is 18.8 Å². The van der Waals surface area contributed by atoms with Crippen molar-refractivity contribution in [2.75, 3.05) is 19.7 Å². The molecule has 24 heavy (non-hydrogen) atoms. The Balaban J connectivity index is 1.36. The Hall–Kier alpha value is -2.41. The normalized spacial score (nSPS) is 22.2. The molecule has 4 heterocycles. The molecule has 0 N–H and O–H groups in total. The van der Waals surface area contributed by atoms with Gasteiger partial charge in [0.15, 0.2) is 0 Å². The van der Waals surface area contributed by atoms with Crippen LogP contribution in [0.15, 0.2) is 35.0 Å². The van der Waals surface area contributed by atoms with Gasteiger partial charge in [-0.3, -0.25) is 4.79 Å². The first kappa shape index (κ1) is 15.1. The SMILES string of the molecule is Cc1cc(C(=O)N2CC3(C[C@H](Oc4ccccn4)CCO3)C2)on1. The van der Waals surface area contributed by atoms with Crippen LogP contribution in [0.25, 0.3) is 0 Å². The van der Waals surface area contributed by atoms with Gasteiger partial charge >= 0.3 is 0 Å². The molecular formula is C17H19N3O4. The summed E-state index contributed by atoms with van der Waals surface area (Å²) >= 11 is 0. The van der Waals surface area contributed by atoms with E-state index in [1.165, 1.54) is 0 Å². The molecule has 1 spiro atoms. The fourth-order valence-electron chi connectivity index (χ4n) is 3.30. The van der Waals surface area contributed by atoms with Gasteiger partial charge in [-0.1, -0.05) is 11.2 Å². The molecule has 0 bridgehead atoms. The molecule has 2 saturated heterocycles. The number of pyridine rings is 1. The molecule has 126 valence electrons. The van der Waals surface area contributed by atoms with Crippen molar-refractivity contribution in [2.45, 2.75) is 31.5 Å². The minimum absolute atomic E-state index is 0.0541. The molecule has 0 aromatic carbocycles. The quantitative estimate of drug-likeness (QED) is 0.855. The minimum atomic E-state index is -0.317. The van der Waals surface area contributed by atoms with Gasteiger partial charge in [0.1, 0.15) is 11.7 Å². The number of nitrogens with zero attached hydrogens (tertiary/aromatic N) is 3. The lowest BCUT2D eigenvalue weighted by Gasteiger charge is -2.52. The lowest BCUT2D eigenvalue weighted by Crippen LogP contribution is -2.67. The summed E-state index contributed by atoms with van der Waals surface area (Å²) in [6.45, 7) is 3.52. The van der Waals surface area contributed by atoms with Gasteiger partial charge in [-0.2, -0.15) is 0 Å². The van der Waals surface area contributed by atoms with Gasteiger partial charge in [0, 0.05) is 31.2 Å². The zero-order valence-corrected chi connectivity index (χ0v) is 13.5. The van der Waals surface area contributed by atoms with E-state index in [2.05, 4.69) is 10.1 Å². The standard InChI is InChI=1S/C17H19N3O4/c1-12-8-14(24-19-12)16(21)20-10-17(11-20)9-13(5-7-22-17)23-15-4-2-3-6-18-15/h2-4,6,8,13H,5,7,9-11H2,1H3/t13-/m1/s1. The van der Waals surface area contributed by atoms with E-state index >= 15 is 0 Å². The van der Waals surface area contributed by atoms with Crippen molar-refractivity contribution in [3.8, 4) is 5.88 Å². The summed E-state index contributed by atoms with van der Waals surface area (Å²) in [5.74, 6) is 0.765. The number of ether oxygens (including phenoxy) is 2. The van der Waals surface area contributed by atoms with E-state index in [9.17, 15) is 4.79 Å². The van der Waals surface area contributed by atoms with Crippen molar-refractivity contribution in [3.63, 3.8) is 0 Å². The number of likely N-dealkylation sites (tertiary alicyclic amines) is 1. The van der Waals surface area contributed by atoms with E-state index in [0.717, 1.165) is 12.8 Å². The Morgan fingerprint density at radius 3 is 3.00 bits per heavy atom. The summed E-state index contributed by atoms with van der Waals surface area (Å²) in [6, 6.07) is 7.27. The maximum atomic E-state index is 12.3. The fraction of sp³-hybridized carbons (Fsp3) is 0.471. The maximum absolute atomic E-state index is 12.3. The van der Waals surface area contributed by atoms with Crippen LogP contribution in [0.1, 0.15) is 29.1 Å². The Labute approximate surface area is 139 Å². The van der Waals surface area contributed by atoms with Gasteiger partial charge in [0.2, 0.25) is 11.6 Å². The fourth-order valence-corrected chi connectivity index (χ4v) is 3.30. The highest BCUT2D eigenvalue weighted by atomic mass is 16.5. The molecule has 0 aliphatic carbocycles. The van der Waals surface area contributed by atoms with Crippen LogP contribution in [0.4, 0.5) is 0 Å². The Kier molecular flexibility index (Phi) is 3.72. The first-order valence-electron chi connectivity index (χ1n) is 8.08. The smallest absolute Gasteiger partial charge is 0.292 e. The van der Waals surface area contributed by atoms with E-state index < -0.39 is 0 Å². The molecule has 2 aromatic rings. The van der Waals surface area contributed by atoms with Gasteiger partial charge in [-0.15, -0.1) is 0 Å². The lowest BCUT2D eigenvalue weighted by molar-refractivity contribution is -0.174. The molecule has 0 radical (unpaired) electrons. The molecule has 0 unspecified atom stereocenters. The van der Waals surface area contributed by atoms with Crippen LogP contribution in [-0.4, -0.2) is 52.3 Å². The number of carbonyl (C=O) groups excluding carboxylic acids is 1. The highest BCUT2D eigenvalue weighted by Crippen LogP contribution is 2.36. The number of carbonyl (C=O) groups is 1. The van der Waals surface area contributed by atoms with E-state index in [1.807, 2.05) is 18.2 Å². The van der Waals surface area contributed by atoms with Crippen molar-refractivity contribution in [1.82, 2.24) is 15.0 Å². The molecule has 2 aromatic heterocycles. The van der Waals surface area contributed by atoms with Crippen LogP contribution < -0.4 is 4.74 Å². The molecule has 2 aliphatic heterocycles. The van der Waals surface area contributed by atoms with Crippen LogP contribution in [0.3, 0.4) is 0 Å².